The molecule has 0 bridgehead atoms. The van der Waals surface area contributed by atoms with Crippen molar-refractivity contribution in [2.24, 2.45) is 4.99 Å². The van der Waals surface area contributed by atoms with Crippen LogP contribution in [0.5, 0.6) is 0 Å². The molecule has 2 saturated heterocycles. The Morgan fingerprint density at radius 3 is 1.59 bits per heavy atom. The van der Waals surface area contributed by atoms with Crippen molar-refractivity contribution in [1.82, 2.24) is 19.8 Å². The van der Waals surface area contributed by atoms with Gasteiger partial charge in [-0.05, 0) is 64.6 Å². The third-order valence-corrected chi connectivity index (χ3v) is 13.9. The number of likely N-dealkylation sites (tertiary alicyclic amines) is 2. The molecule has 8 nitrogen and oxygen atoms in total. The molecule has 61 heavy (non-hydrogen) atoms. The minimum atomic E-state index is -0.674. The molecule has 9 rings (SSSR count). The van der Waals surface area contributed by atoms with Crippen LogP contribution in [0.2, 0.25) is 0 Å². The highest BCUT2D eigenvalue weighted by atomic mass is 32.1. The van der Waals surface area contributed by atoms with Gasteiger partial charge in [0.1, 0.15) is 10.0 Å². The SMILES string of the molecule is O=C(Cc1ccccc1)/N=C/C(C(=O)N1CCC[C@H]1c1ncc(-c2ccc(-c3ccc(-c4cnc([C@@H]5CCCN5C(=O)Cc5ccccc5)s4)cc3)cc2)s1)c1ccccc1. The van der Waals surface area contributed by atoms with Crippen molar-refractivity contribution in [3.63, 3.8) is 0 Å². The predicted octanol–water partition coefficient (Wildman–Crippen LogP) is 10.8. The Morgan fingerprint density at radius 1 is 0.590 bits per heavy atom. The van der Waals surface area contributed by atoms with Gasteiger partial charge >= 0.3 is 0 Å². The van der Waals surface area contributed by atoms with Crippen LogP contribution in [0.25, 0.3) is 32.0 Å². The van der Waals surface area contributed by atoms with Gasteiger partial charge in [0.25, 0.3) is 0 Å². The van der Waals surface area contributed by atoms with Crippen LogP contribution < -0.4 is 0 Å². The van der Waals surface area contributed by atoms with Crippen molar-refractivity contribution >= 4 is 46.6 Å². The van der Waals surface area contributed by atoms with Crippen LogP contribution in [-0.4, -0.2) is 56.8 Å². The first-order valence-electron chi connectivity index (χ1n) is 20.9. The summed E-state index contributed by atoms with van der Waals surface area (Å²) in [6.07, 6.45) is 9.62. The number of aromatic nitrogens is 2. The second kappa shape index (κ2) is 18.5. The maximum absolute atomic E-state index is 14.3. The van der Waals surface area contributed by atoms with E-state index in [0.29, 0.717) is 13.0 Å². The normalized spacial score (nSPS) is 16.9. The van der Waals surface area contributed by atoms with E-state index in [0.717, 1.165) is 90.9 Å². The Kier molecular flexibility index (Phi) is 12.1. The molecule has 1 unspecified atom stereocenters. The van der Waals surface area contributed by atoms with E-state index in [9.17, 15) is 14.4 Å². The molecule has 0 spiro atoms. The second-order valence-electron chi connectivity index (χ2n) is 15.6. The van der Waals surface area contributed by atoms with Crippen LogP contribution in [0.3, 0.4) is 0 Å². The highest BCUT2D eigenvalue weighted by Crippen LogP contribution is 2.40. The van der Waals surface area contributed by atoms with Gasteiger partial charge in [-0.3, -0.25) is 14.4 Å². The van der Waals surface area contributed by atoms with Crippen molar-refractivity contribution in [2.75, 3.05) is 13.1 Å². The molecule has 0 aliphatic carbocycles. The number of benzene rings is 5. The van der Waals surface area contributed by atoms with Crippen molar-refractivity contribution in [3.8, 4) is 32.0 Å². The van der Waals surface area contributed by atoms with Gasteiger partial charge in [0.15, 0.2) is 0 Å². The summed E-state index contributed by atoms with van der Waals surface area (Å²) in [6, 6.07) is 46.1. The molecule has 0 saturated carbocycles. The van der Waals surface area contributed by atoms with Gasteiger partial charge < -0.3 is 9.80 Å². The van der Waals surface area contributed by atoms with Crippen LogP contribution in [0.15, 0.2) is 157 Å². The quantitative estimate of drug-likeness (QED) is 0.114. The van der Waals surface area contributed by atoms with E-state index < -0.39 is 5.92 Å². The molecule has 2 aliphatic heterocycles. The molecule has 7 aromatic rings. The van der Waals surface area contributed by atoms with E-state index in [1.54, 1.807) is 22.7 Å². The van der Waals surface area contributed by atoms with Gasteiger partial charge in [0, 0.05) is 31.7 Å². The molecule has 4 heterocycles. The molecule has 2 aliphatic rings. The first kappa shape index (κ1) is 40.1. The highest BCUT2D eigenvalue weighted by molar-refractivity contribution is 7.15. The van der Waals surface area contributed by atoms with E-state index in [-0.39, 0.29) is 36.2 Å². The Labute approximate surface area is 364 Å². The number of nitrogens with zero attached hydrogens (tertiary/aromatic N) is 5. The molecule has 0 N–H and O–H groups in total. The zero-order valence-corrected chi connectivity index (χ0v) is 35.3. The van der Waals surface area contributed by atoms with Gasteiger partial charge in [-0.2, -0.15) is 0 Å². The maximum Gasteiger partial charge on any atom is 0.249 e. The van der Waals surface area contributed by atoms with Crippen LogP contribution in [0.1, 0.15) is 70.4 Å². The smallest absolute Gasteiger partial charge is 0.249 e. The van der Waals surface area contributed by atoms with Crippen LogP contribution in [0.4, 0.5) is 0 Å². The summed E-state index contributed by atoms with van der Waals surface area (Å²) in [6.45, 7) is 1.40. The van der Waals surface area contributed by atoms with Crippen molar-refractivity contribution in [2.45, 2.75) is 56.5 Å². The number of hydrogen-bond donors (Lipinski definition) is 0. The zero-order chi connectivity index (χ0) is 41.5. The second-order valence-corrected chi connectivity index (χ2v) is 17.7. The molecule has 3 amide bonds. The summed E-state index contributed by atoms with van der Waals surface area (Å²) in [4.78, 5) is 60.4. The summed E-state index contributed by atoms with van der Waals surface area (Å²) < 4.78 is 0. The van der Waals surface area contributed by atoms with E-state index in [4.69, 9.17) is 9.97 Å². The topological polar surface area (TPSA) is 95.8 Å². The average molecular weight is 840 g/mol. The lowest BCUT2D eigenvalue weighted by Crippen LogP contribution is -2.35. The molecular formula is C51H45N5O3S2. The molecule has 10 heteroatoms. The zero-order valence-electron chi connectivity index (χ0n) is 33.7. The van der Waals surface area contributed by atoms with Gasteiger partial charge in [0.2, 0.25) is 17.7 Å². The van der Waals surface area contributed by atoms with Gasteiger partial charge in [-0.15, -0.1) is 22.7 Å². The highest BCUT2D eigenvalue weighted by Gasteiger charge is 2.36. The van der Waals surface area contributed by atoms with E-state index in [1.165, 1.54) is 6.21 Å². The summed E-state index contributed by atoms with van der Waals surface area (Å²) >= 11 is 3.30. The summed E-state index contributed by atoms with van der Waals surface area (Å²) in [7, 11) is 0. The van der Waals surface area contributed by atoms with E-state index >= 15 is 0 Å². The third-order valence-electron chi connectivity index (χ3n) is 11.6. The summed E-state index contributed by atoms with van der Waals surface area (Å²) in [5, 5.41) is 1.91. The molecule has 2 aromatic heterocycles. The lowest BCUT2D eigenvalue weighted by atomic mass is 9.98. The third kappa shape index (κ3) is 9.21. The Bertz CT molecular complexity index is 2630. The minimum absolute atomic E-state index is 0.0301. The largest absolute Gasteiger partial charge is 0.333 e. The molecule has 3 atom stereocenters. The molecule has 5 aromatic carbocycles. The molecule has 304 valence electrons. The lowest BCUT2D eigenvalue weighted by Gasteiger charge is -2.26. The first-order valence-corrected chi connectivity index (χ1v) is 22.5. The first-order chi connectivity index (χ1) is 30.0. The fourth-order valence-electron chi connectivity index (χ4n) is 8.39. The van der Waals surface area contributed by atoms with Crippen molar-refractivity contribution in [3.05, 3.63) is 179 Å². The lowest BCUT2D eigenvalue weighted by molar-refractivity contribution is -0.132. The van der Waals surface area contributed by atoms with Crippen LogP contribution in [-0.2, 0) is 27.2 Å². The predicted molar refractivity (Wildman–Crippen MR) is 244 cm³/mol. The Balaban J connectivity index is 0.849. The number of rotatable bonds is 12. The van der Waals surface area contributed by atoms with Gasteiger partial charge in [0.05, 0.1) is 40.6 Å². The van der Waals surface area contributed by atoms with E-state index in [1.807, 2.05) is 113 Å². The number of thiazole rings is 2. The number of aliphatic imine (C=N–C) groups is 1. The fraction of sp³-hybridized carbons (Fsp3) is 0.216. The fourth-order valence-corrected chi connectivity index (χ4v) is 10.5. The Morgan fingerprint density at radius 2 is 1.05 bits per heavy atom. The van der Waals surface area contributed by atoms with Gasteiger partial charge in [-0.1, -0.05) is 140 Å². The number of carbonyl (C=O) groups is 3. The monoisotopic (exact) mass is 839 g/mol. The summed E-state index contributed by atoms with van der Waals surface area (Å²) in [5.41, 5.74) is 7.16. The van der Waals surface area contributed by atoms with Crippen molar-refractivity contribution < 1.29 is 14.4 Å². The summed E-state index contributed by atoms with van der Waals surface area (Å²) in [5.74, 6) is -0.864. The van der Waals surface area contributed by atoms with Gasteiger partial charge in [-0.25, -0.2) is 15.0 Å². The average Bonchev–Trinajstić information content (AvgIpc) is 4.15. The van der Waals surface area contributed by atoms with E-state index in [2.05, 4.69) is 53.5 Å². The standard InChI is InChI=1S/C51H45N5O3S2/c57-47(30-35-12-4-1-5-13-35)52-32-42(39-16-8-3-9-17-39)51(59)56-29-11-19-44(56)50-54-34-46(61-50)41-26-22-38(23-27-41)37-20-24-40(25-21-37)45-33-53-49(60-45)43-18-10-28-55(43)48(58)31-36-14-6-2-7-15-36/h1-9,12-17,20-27,32-34,42-44H,10-11,18-19,28-31H2/b52-32+/t42?,43-,44-/m0/s1. The van der Waals surface area contributed by atoms with Crippen LogP contribution in [0, 0.1) is 0 Å². The number of amides is 3. The Hall–Kier alpha value is -6.36. The van der Waals surface area contributed by atoms with Crippen LogP contribution >= 0.6 is 22.7 Å². The minimum Gasteiger partial charge on any atom is -0.333 e. The van der Waals surface area contributed by atoms with Crippen molar-refractivity contribution in [1.29, 1.82) is 0 Å². The molecule has 2 fully saturated rings. The number of hydrogen-bond acceptors (Lipinski definition) is 7. The maximum atomic E-state index is 14.3. The molecule has 0 radical (unpaired) electrons. The molecular weight excluding hydrogens is 795 g/mol. The number of carbonyl (C=O) groups excluding carboxylic acids is 3.